The van der Waals surface area contributed by atoms with E-state index in [2.05, 4.69) is 5.32 Å². The van der Waals surface area contributed by atoms with Crippen molar-refractivity contribution in [2.24, 2.45) is 0 Å². The molecule has 1 amide bonds. The number of carbonyl (C=O) groups excluding carboxylic acids is 3. The molecule has 1 atom stereocenters. The summed E-state index contributed by atoms with van der Waals surface area (Å²) < 4.78 is 5.14. The summed E-state index contributed by atoms with van der Waals surface area (Å²) in [6, 6.07) is 25.0. The number of benzene rings is 3. The smallest absolute Gasteiger partial charge is 0.306 e. The van der Waals surface area contributed by atoms with E-state index in [-0.39, 0.29) is 30.6 Å². The van der Waals surface area contributed by atoms with Crippen LogP contribution in [0, 0.1) is 0 Å². The van der Waals surface area contributed by atoms with E-state index in [0.29, 0.717) is 16.8 Å². The highest BCUT2D eigenvalue weighted by Gasteiger charge is 2.15. The van der Waals surface area contributed by atoms with Crippen molar-refractivity contribution in [1.82, 2.24) is 0 Å². The van der Waals surface area contributed by atoms with E-state index < -0.39 is 5.97 Å². The number of hydrogen-bond acceptors (Lipinski definition) is 4. The molecule has 0 spiro atoms. The first kappa shape index (κ1) is 21.0. The SMILES string of the molecule is C[C@@H](CC(=O)OCC(=O)c1ccc(NC(=O)c2ccccc2)cc1)c1ccccc1. The number of carbonyl (C=O) groups is 3. The van der Waals surface area contributed by atoms with Gasteiger partial charge in [-0.25, -0.2) is 0 Å². The van der Waals surface area contributed by atoms with E-state index in [4.69, 9.17) is 4.74 Å². The zero-order valence-corrected chi connectivity index (χ0v) is 16.7. The molecule has 0 aromatic heterocycles. The van der Waals surface area contributed by atoms with Gasteiger partial charge < -0.3 is 10.1 Å². The predicted molar refractivity (Wildman–Crippen MR) is 116 cm³/mol. The molecule has 30 heavy (non-hydrogen) atoms. The number of nitrogens with one attached hydrogen (secondary N) is 1. The Hall–Kier alpha value is -3.73. The van der Waals surface area contributed by atoms with Gasteiger partial charge in [0.15, 0.2) is 12.4 Å². The molecule has 0 saturated carbocycles. The van der Waals surface area contributed by atoms with Crippen molar-refractivity contribution in [2.45, 2.75) is 19.3 Å². The van der Waals surface area contributed by atoms with Crippen LogP contribution < -0.4 is 5.32 Å². The van der Waals surface area contributed by atoms with E-state index in [1.165, 1.54) is 0 Å². The third-order valence-electron chi connectivity index (χ3n) is 4.71. The summed E-state index contributed by atoms with van der Waals surface area (Å²) in [6.45, 7) is 1.64. The first-order chi connectivity index (χ1) is 14.5. The number of esters is 1. The largest absolute Gasteiger partial charge is 0.457 e. The van der Waals surface area contributed by atoms with Gasteiger partial charge >= 0.3 is 5.97 Å². The topological polar surface area (TPSA) is 72.5 Å². The third kappa shape index (κ3) is 5.88. The van der Waals surface area contributed by atoms with Gasteiger partial charge in [0.1, 0.15) is 0 Å². The molecule has 3 rings (SSSR count). The summed E-state index contributed by atoms with van der Waals surface area (Å²) in [4.78, 5) is 36.5. The zero-order valence-electron chi connectivity index (χ0n) is 16.7. The van der Waals surface area contributed by atoms with Crippen LogP contribution in [-0.2, 0) is 9.53 Å². The highest BCUT2D eigenvalue weighted by molar-refractivity contribution is 6.04. The molecule has 0 aliphatic carbocycles. The second-order valence-electron chi connectivity index (χ2n) is 7.00. The lowest BCUT2D eigenvalue weighted by molar-refractivity contribution is -0.142. The minimum atomic E-state index is -0.411. The molecule has 0 heterocycles. The van der Waals surface area contributed by atoms with E-state index in [1.807, 2.05) is 43.3 Å². The summed E-state index contributed by atoms with van der Waals surface area (Å²) >= 11 is 0. The van der Waals surface area contributed by atoms with Gasteiger partial charge in [0.2, 0.25) is 0 Å². The Labute approximate surface area is 175 Å². The number of rotatable bonds is 8. The fraction of sp³-hybridized carbons (Fsp3) is 0.160. The van der Waals surface area contributed by atoms with E-state index in [1.54, 1.807) is 48.5 Å². The zero-order chi connectivity index (χ0) is 21.3. The molecule has 1 N–H and O–H groups in total. The highest BCUT2D eigenvalue weighted by atomic mass is 16.5. The van der Waals surface area contributed by atoms with Gasteiger partial charge in [-0.3, -0.25) is 14.4 Å². The van der Waals surface area contributed by atoms with Crippen LogP contribution in [0.2, 0.25) is 0 Å². The molecular formula is C25H23NO4. The Morgan fingerprint density at radius 1 is 0.800 bits per heavy atom. The standard InChI is InChI=1S/C25H23NO4/c1-18(19-8-4-2-5-9-19)16-24(28)30-17-23(27)20-12-14-22(15-13-20)26-25(29)21-10-6-3-7-11-21/h2-15,18H,16-17H2,1H3,(H,26,29)/t18-/m0/s1. The number of anilines is 1. The van der Waals surface area contributed by atoms with Crippen LogP contribution >= 0.6 is 0 Å². The highest BCUT2D eigenvalue weighted by Crippen LogP contribution is 2.19. The maximum atomic E-state index is 12.3. The number of ketones is 1. The van der Waals surface area contributed by atoms with Gasteiger partial charge in [-0.15, -0.1) is 0 Å². The molecule has 5 heteroatoms. The van der Waals surface area contributed by atoms with Crippen molar-refractivity contribution in [3.63, 3.8) is 0 Å². The monoisotopic (exact) mass is 401 g/mol. The van der Waals surface area contributed by atoms with Gasteiger partial charge in [-0.05, 0) is 47.9 Å². The average molecular weight is 401 g/mol. The first-order valence-corrected chi connectivity index (χ1v) is 9.73. The Kier molecular flexibility index (Phi) is 7.11. The minimum Gasteiger partial charge on any atom is -0.457 e. The van der Waals surface area contributed by atoms with Crippen molar-refractivity contribution in [3.05, 3.63) is 102 Å². The predicted octanol–water partition coefficient (Wildman–Crippen LogP) is 4.86. The summed E-state index contributed by atoms with van der Waals surface area (Å²) in [5.41, 5.74) is 2.59. The molecular weight excluding hydrogens is 378 g/mol. The normalized spacial score (nSPS) is 11.4. The lowest BCUT2D eigenvalue weighted by atomic mass is 9.98. The van der Waals surface area contributed by atoms with Crippen LogP contribution in [0.3, 0.4) is 0 Å². The van der Waals surface area contributed by atoms with Crippen LogP contribution in [0.1, 0.15) is 45.5 Å². The van der Waals surface area contributed by atoms with Gasteiger partial charge in [0, 0.05) is 16.8 Å². The van der Waals surface area contributed by atoms with Crippen LogP contribution in [0.25, 0.3) is 0 Å². The number of hydrogen-bond donors (Lipinski definition) is 1. The average Bonchev–Trinajstić information content (AvgIpc) is 2.79. The maximum absolute atomic E-state index is 12.3. The second kappa shape index (κ2) is 10.2. The molecule has 3 aromatic rings. The molecule has 0 unspecified atom stereocenters. The Morgan fingerprint density at radius 3 is 2.03 bits per heavy atom. The number of ether oxygens (including phenoxy) is 1. The van der Waals surface area contributed by atoms with Crippen molar-refractivity contribution >= 4 is 23.3 Å². The van der Waals surface area contributed by atoms with Crippen molar-refractivity contribution in [3.8, 4) is 0 Å². The summed E-state index contributed by atoms with van der Waals surface area (Å²) in [5.74, 6) is -0.916. The van der Waals surface area contributed by atoms with Crippen LogP contribution in [0.15, 0.2) is 84.9 Å². The first-order valence-electron chi connectivity index (χ1n) is 9.73. The van der Waals surface area contributed by atoms with Gasteiger partial charge in [-0.2, -0.15) is 0 Å². The molecule has 0 aliphatic heterocycles. The van der Waals surface area contributed by atoms with Crippen molar-refractivity contribution < 1.29 is 19.1 Å². The molecule has 152 valence electrons. The minimum absolute atomic E-state index is 0.0151. The van der Waals surface area contributed by atoms with Crippen LogP contribution in [0.4, 0.5) is 5.69 Å². The quantitative estimate of drug-likeness (QED) is 0.432. The molecule has 3 aromatic carbocycles. The Bertz CT molecular complexity index is 998. The lowest BCUT2D eigenvalue weighted by Gasteiger charge is -2.11. The summed E-state index contributed by atoms with van der Waals surface area (Å²) in [7, 11) is 0. The number of amides is 1. The molecule has 0 fully saturated rings. The molecule has 0 bridgehead atoms. The van der Waals surface area contributed by atoms with Gasteiger partial charge in [-0.1, -0.05) is 55.5 Å². The molecule has 0 radical (unpaired) electrons. The number of Topliss-reactive ketones (excluding diaryl/α,β-unsaturated/α-hetero) is 1. The fourth-order valence-electron chi connectivity index (χ4n) is 2.97. The van der Waals surface area contributed by atoms with E-state index in [9.17, 15) is 14.4 Å². The van der Waals surface area contributed by atoms with E-state index in [0.717, 1.165) is 5.56 Å². The molecule has 0 aliphatic rings. The Balaban J connectivity index is 1.48. The summed E-state index contributed by atoms with van der Waals surface area (Å²) in [5, 5.41) is 2.78. The van der Waals surface area contributed by atoms with Gasteiger partial charge in [0.25, 0.3) is 5.91 Å². The molecule has 0 saturated heterocycles. The van der Waals surface area contributed by atoms with Crippen molar-refractivity contribution in [1.29, 1.82) is 0 Å². The third-order valence-corrected chi connectivity index (χ3v) is 4.71. The van der Waals surface area contributed by atoms with Crippen LogP contribution in [-0.4, -0.2) is 24.3 Å². The molecule has 5 nitrogen and oxygen atoms in total. The second-order valence-corrected chi connectivity index (χ2v) is 7.00. The van der Waals surface area contributed by atoms with Gasteiger partial charge in [0.05, 0.1) is 6.42 Å². The fourth-order valence-corrected chi connectivity index (χ4v) is 2.97. The summed E-state index contributed by atoms with van der Waals surface area (Å²) in [6.07, 6.45) is 0.210. The van der Waals surface area contributed by atoms with E-state index >= 15 is 0 Å². The Morgan fingerprint density at radius 2 is 1.40 bits per heavy atom. The maximum Gasteiger partial charge on any atom is 0.306 e. The van der Waals surface area contributed by atoms with Crippen LogP contribution in [0.5, 0.6) is 0 Å². The lowest BCUT2D eigenvalue weighted by Crippen LogP contribution is -2.16. The van der Waals surface area contributed by atoms with Crippen molar-refractivity contribution in [2.75, 3.05) is 11.9 Å².